The fourth-order valence-electron chi connectivity index (χ4n) is 1.38. The molecule has 0 saturated carbocycles. The van der Waals surface area contributed by atoms with Crippen LogP contribution in [0.1, 0.15) is 46.0 Å². The molecule has 0 aliphatic heterocycles. The summed E-state index contributed by atoms with van der Waals surface area (Å²) < 4.78 is 0. The first-order valence-electron chi connectivity index (χ1n) is 5.58. The molecule has 0 rings (SSSR count). The molecule has 0 heterocycles. The van der Waals surface area contributed by atoms with Gasteiger partial charge < -0.3 is 15.3 Å². The minimum absolute atomic E-state index is 0.0250. The Morgan fingerprint density at radius 1 is 1.14 bits per heavy atom. The lowest BCUT2D eigenvalue weighted by molar-refractivity contribution is 0.0260. The summed E-state index contributed by atoms with van der Waals surface area (Å²) in [6, 6.07) is 0. The second-order valence-corrected chi connectivity index (χ2v) is 4.11. The first-order chi connectivity index (χ1) is 6.61. The smallest absolute Gasteiger partial charge is 0.0612 e. The van der Waals surface area contributed by atoms with E-state index in [1.54, 1.807) is 6.92 Å². The maximum Gasteiger partial charge on any atom is 0.0612 e. The highest BCUT2D eigenvalue weighted by Crippen LogP contribution is 2.13. The largest absolute Gasteiger partial charge is 0.396 e. The van der Waals surface area contributed by atoms with Gasteiger partial charge in [-0.15, -0.1) is 0 Å². The topological polar surface area (TPSA) is 60.7 Å². The van der Waals surface area contributed by atoms with Gasteiger partial charge in [-0.2, -0.15) is 0 Å². The van der Waals surface area contributed by atoms with Crippen molar-refractivity contribution in [2.24, 2.45) is 5.92 Å². The van der Waals surface area contributed by atoms with E-state index < -0.39 is 12.2 Å². The Hall–Kier alpha value is -0.120. The summed E-state index contributed by atoms with van der Waals surface area (Å²) in [4.78, 5) is 0. The standard InChI is InChI=1S/C11H24O3/c1-3-4-5-6-10(13)7-11(14)9(2)8-12/h9-14H,3-8H2,1-2H3. The van der Waals surface area contributed by atoms with Crippen molar-refractivity contribution >= 4 is 0 Å². The van der Waals surface area contributed by atoms with Crippen molar-refractivity contribution in [2.75, 3.05) is 6.61 Å². The molecule has 3 N–H and O–H groups in total. The summed E-state index contributed by atoms with van der Waals surface area (Å²) >= 11 is 0. The van der Waals surface area contributed by atoms with Gasteiger partial charge in [0.2, 0.25) is 0 Å². The number of aliphatic hydroxyl groups excluding tert-OH is 3. The average molecular weight is 204 g/mol. The molecule has 0 radical (unpaired) electrons. The highest BCUT2D eigenvalue weighted by atomic mass is 16.3. The molecule has 0 bridgehead atoms. The molecule has 0 saturated heterocycles. The lowest BCUT2D eigenvalue weighted by Crippen LogP contribution is -2.26. The zero-order chi connectivity index (χ0) is 11.0. The number of aliphatic hydroxyl groups is 3. The van der Waals surface area contributed by atoms with E-state index in [1.165, 1.54) is 0 Å². The predicted molar refractivity (Wildman–Crippen MR) is 57.0 cm³/mol. The van der Waals surface area contributed by atoms with Crippen molar-refractivity contribution in [1.29, 1.82) is 0 Å². The van der Waals surface area contributed by atoms with E-state index >= 15 is 0 Å². The molecular weight excluding hydrogens is 180 g/mol. The molecule has 3 unspecified atom stereocenters. The van der Waals surface area contributed by atoms with E-state index in [2.05, 4.69) is 6.92 Å². The summed E-state index contributed by atoms with van der Waals surface area (Å²) in [5, 5.41) is 27.9. The fraction of sp³-hybridized carbons (Fsp3) is 1.00. The van der Waals surface area contributed by atoms with E-state index in [-0.39, 0.29) is 12.5 Å². The minimum atomic E-state index is -0.586. The molecule has 0 aliphatic rings. The van der Waals surface area contributed by atoms with Gasteiger partial charge in [-0.25, -0.2) is 0 Å². The van der Waals surface area contributed by atoms with E-state index in [4.69, 9.17) is 5.11 Å². The highest BCUT2D eigenvalue weighted by Gasteiger charge is 2.17. The van der Waals surface area contributed by atoms with Crippen molar-refractivity contribution in [3.8, 4) is 0 Å². The van der Waals surface area contributed by atoms with Crippen LogP contribution in [0.25, 0.3) is 0 Å². The SMILES string of the molecule is CCCCCC(O)CC(O)C(C)CO. The molecule has 3 heteroatoms. The first-order valence-corrected chi connectivity index (χ1v) is 5.58. The molecule has 0 aliphatic carbocycles. The number of rotatable bonds is 8. The van der Waals surface area contributed by atoms with Gasteiger partial charge >= 0.3 is 0 Å². The number of hydrogen-bond donors (Lipinski definition) is 3. The normalized spacial score (nSPS) is 17.8. The monoisotopic (exact) mass is 204 g/mol. The van der Waals surface area contributed by atoms with Crippen molar-refractivity contribution in [2.45, 2.75) is 58.2 Å². The molecule has 0 spiro atoms. The van der Waals surface area contributed by atoms with Crippen LogP contribution < -0.4 is 0 Å². The van der Waals surface area contributed by atoms with Gasteiger partial charge in [-0.05, 0) is 12.8 Å². The average Bonchev–Trinajstić information content (AvgIpc) is 2.16. The van der Waals surface area contributed by atoms with Crippen LogP contribution in [-0.4, -0.2) is 34.1 Å². The van der Waals surface area contributed by atoms with Crippen LogP contribution in [0.3, 0.4) is 0 Å². The van der Waals surface area contributed by atoms with Gasteiger partial charge in [0.25, 0.3) is 0 Å². The van der Waals surface area contributed by atoms with Gasteiger partial charge in [-0.1, -0.05) is 33.1 Å². The van der Waals surface area contributed by atoms with Crippen LogP contribution in [0.5, 0.6) is 0 Å². The van der Waals surface area contributed by atoms with Gasteiger partial charge in [0.1, 0.15) is 0 Å². The van der Waals surface area contributed by atoms with E-state index in [0.29, 0.717) is 6.42 Å². The van der Waals surface area contributed by atoms with Crippen LogP contribution in [0, 0.1) is 5.92 Å². The lowest BCUT2D eigenvalue weighted by atomic mass is 9.97. The van der Waals surface area contributed by atoms with Gasteiger partial charge in [0, 0.05) is 12.5 Å². The Labute approximate surface area is 86.8 Å². The summed E-state index contributed by atoms with van der Waals surface area (Å²) in [6.07, 6.45) is 3.40. The molecule has 0 aromatic heterocycles. The van der Waals surface area contributed by atoms with Crippen LogP contribution in [0.4, 0.5) is 0 Å². The van der Waals surface area contributed by atoms with Crippen molar-refractivity contribution in [1.82, 2.24) is 0 Å². The van der Waals surface area contributed by atoms with Gasteiger partial charge in [0.15, 0.2) is 0 Å². The van der Waals surface area contributed by atoms with Crippen molar-refractivity contribution < 1.29 is 15.3 Å². The fourth-order valence-corrected chi connectivity index (χ4v) is 1.38. The highest BCUT2D eigenvalue weighted by molar-refractivity contribution is 4.68. The molecule has 3 nitrogen and oxygen atoms in total. The van der Waals surface area contributed by atoms with Gasteiger partial charge in [-0.3, -0.25) is 0 Å². The van der Waals surface area contributed by atoms with E-state index in [1.807, 2.05) is 0 Å². The maximum absolute atomic E-state index is 9.55. The molecule has 0 aromatic carbocycles. The Kier molecular flexibility index (Phi) is 8.14. The minimum Gasteiger partial charge on any atom is -0.396 e. The van der Waals surface area contributed by atoms with E-state index in [9.17, 15) is 10.2 Å². The summed E-state index contributed by atoms with van der Waals surface area (Å²) in [5.74, 6) is -0.143. The molecule has 0 fully saturated rings. The van der Waals surface area contributed by atoms with Crippen molar-refractivity contribution in [3.05, 3.63) is 0 Å². The Bertz CT molecular complexity index is 128. The first kappa shape index (κ1) is 13.9. The molecular formula is C11H24O3. The number of hydrogen-bond acceptors (Lipinski definition) is 3. The third-order valence-electron chi connectivity index (χ3n) is 2.60. The van der Waals surface area contributed by atoms with E-state index in [0.717, 1.165) is 25.7 Å². The Morgan fingerprint density at radius 2 is 1.79 bits per heavy atom. The molecule has 3 atom stereocenters. The summed E-state index contributed by atoms with van der Waals surface area (Å²) in [5.41, 5.74) is 0. The summed E-state index contributed by atoms with van der Waals surface area (Å²) in [6.45, 7) is 3.88. The second-order valence-electron chi connectivity index (χ2n) is 4.11. The van der Waals surface area contributed by atoms with Crippen LogP contribution in [-0.2, 0) is 0 Å². The molecule has 0 aromatic rings. The quantitative estimate of drug-likeness (QED) is 0.522. The number of unbranched alkanes of at least 4 members (excludes halogenated alkanes) is 2. The molecule has 14 heavy (non-hydrogen) atoms. The summed E-state index contributed by atoms with van der Waals surface area (Å²) in [7, 11) is 0. The van der Waals surface area contributed by atoms with Crippen molar-refractivity contribution in [3.63, 3.8) is 0 Å². The molecule has 86 valence electrons. The zero-order valence-corrected chi connectivity index (χ0v) is 9.32. The third kappa shape index (κ3) is 6.35. The molecule has 0 amide bonds. The van der Waals surface area contributed by atoms with Crippen LogP contribution in [0.15, 0.2) is 0 Å². The third-order valence-corrected chi connectivity index (χ3v) is 2.60. The second kappa shape index (κ2) is 8.21. The zero-order valence-electron chi connectivity index (χ0n) is 9.32. The Balaban J connectivity index is 3.54. The van der Waals surface area contributed by atoms with Gasteiger partial charge in [0.05, 0.1) is 12.2 Å². The lowest BCUT2D eigenvalue weighted by Gasteiger charge is -2.19. The van der Waals surface area contributed by atoms with Crippen LogP contribution in [0.2, 0.25) is 0 Å². The maximum atomic E-state index is 9.55. The Morgan fingerprint density at radius 3 is 2.29 bits per heavy atom. The predicted octanol–water partition coefficient (Wildman–Crippen LogP) is 1.31. The van der Waals surface area contributed by atoms with Crippen LogP contribution >= 0.6 is 0 Å².